The number of aliphatic hydroxyl groups is 1. The highest BCUT2D eigenvalue weighted by Gasteiger charge is 2.22. The molecule has 1 fully saturated rings. The second-order valence-corrected chi connectivity index (χ2v) is 4.77. The molecule has 5 heteroatoms. The Kier molecular flexibility index (Phi) is 3.47. The van der Waals surface area contributed by atoms with Crippen molar-refractivity contribution in [2.75, 3.05) is 0 Å². The SMILES string of the molecule is Cc1cc(C(=O)NC2CCC(O)CC2)n(C)n1. The van der Waals surface area contributed by atoms with E-state index in [1.807, 2.05) is 6.92 Å². The Morgan fingerprint density at radius 3 is 2.65 bits per heavy atom. The molecule has 0 spiro atoms. The summed E-state index contributed by atoms with van der Waals surface area (Å²) in [5, 5.41) is 16.6. The summed E-state index contributed by atoms with van der Waals surface area (Å²) < 4.78 is 1.60. The summed E-state index contributed by atoms with van der Waals surface area (Å²) in [5.74, 6) is -0.0745. The Morgan fingerprint density at radius 2 is 2.12 bits per heavy atom. The first kappa shape index (κ1) is 12.1. The van der Waals surface area contributed by atoms with Gasteiger partial charge < -0.3 is 10.4 Å². The van der Waals surface area contributed by atoms with Crippen LogP contribution in [0.25, 0.3) is 0 Å². The van der Waals surface area contributed by atoms with Crippen molar-refractivity contribution in [2.24, 2.45) is 7.05 Å². The smallest absolute Gasteiger partial charge is 0.269 e. The maximum atomic E-state index is 12.0. The zero-order valence-corrected chi connectivity index (χ0v) is 10.3. The van der Waals surface area contributed by atoms with E-state index in [-0.39, 0.29) is 18.1 Å². The fourth-order valence-corrected chi connectivity index (χ4v) is 2.30. The van der Waals surface area contributed by atoms with Gasteiger partial charge in [-0.1, -0.05) is 0 Å². The molecule has 0 bridgehead atoms. The molecule has 1 aliphatic carbocycles. The molecule has 2 rings (SSSR count). The summed E-state index contributed by atoms with van der Waals surface area (Å²) in [4.78, 5) is 12.0. The van der Waals surface area contributed by atoms with E-state index >= 15 is 0 Å². The summed E-state index contributed by atoms with van der Waals surface area (Å²) in [6, 6.07) is 1.97. The average Bonchev–Trinajstić information content (AvgIpc) is 2.61. The minimum Gasteiger partial charge on any atom is -0.393 e. The average molecular weight is 237 g/mol. The summed E-state index contributed by atoms with van der Waals surface area (Å²) in [7, 11) is 1.77. The van der Waals surface area contributed by atoms with Gasteiger partial charge in [0.2, 0.25) is 0 Å². The minimum atomic E-state index is -0.193. The summed E-state index contributed by atoms with van der Waals surface area (Å²) in [6.45, 7) is 1.87. The number of hydrogen-bond acceptors (Lipinski definition) is 3. The minimum absolute atomic E-state index is 0.0745. The molecule has 0 aliphatic heterocycles. The molecule has 5 nitrogen and oxygen atoms in total. The molecule has 1 aliphatic rings. The molecule has 2 N–H and O–H groups in total. The van der Waals surface area contributed by atoms with Crippen LogP contribution in [0.15, 0.2) is 6.07 Å². The standard InChI is InChI=1S/C12H19N3O2/c1-8-7-11(15(2)14-8)12(17)13-9-3-5-10(16)6-4-9/h7,9-10,16H,3-6H2,1-2H3,(H,13,17). The molecular formula is C12H19N3O2. The van der Waals surface area contributed by atoms with E-state index in [4.69, 9.17) is 0 Å². The van der Waals surface area contributed by atoms with Gasteiger partial charge in [-0.25, -0.2) is 0 Å². The van der Waals surface area contributed by atoms with E-state index < -0.39 is 0 Å². The largest absolute Gasteiger partial charge is 0.393 e. The van der Waals surface area contributed by atoms with Crippen LogP contribution in [0.5, 0.6) is 0 Å². The number of amides is 1. The molecule has 1 aromatic heterocycles. The van der Waals surface area contributed by atoms with E-state index in [0.717, 1.165) is 31.4 Å². The van der Waals surface area contributed by atoms with Crippen LogP contribution in [-0.2, 0) is 7.05 Å². The van der Waals surface area contributed by atoms with Crippen LogP contribution in [-0.4, -0.2) is 32.9 Å². The van der Waals surface area contributed by atoms with Gasteiger partial charge in [0, 0.05) is 13.1 Å². The van der Waals surface area contributed by atoms with Gasteiger partial charge in [-0.3, -0.25) is 9.48 Å². The van der Waals surface area contributed by atoms with E-state index in [0.29, 0.717) is 5.69 Å². The number of aromatic nitrogens is 2. The van der Waals surface area contributed by atoms with Crippen molar-refractivity contribution in [1.82, 2.24) is 15.1 Å². The molecule has 1 amide bonds. The topological polar surface area (TPSA) is 67.2 Å². The van der Waals surface area contributed by atoms with Crippen molar-refractivity contribution in [2.45, 2.75) is 44.8 Å². The number of carbonyl (C=O) groups excluding carboxylic acids is 1. The first-order chi connectivity index (χ1) is 8.06. The highest BCUT2D eigenvalue weighted by atomic mass is 16.3. The number of hydrogen-bond donors (Lipinski definition) is 2. The van der Waals surface area contributed by atoms with Crippen molar-refractivity contribution in [3.63, 3.8) is 0 Å². The molecule has 94 valence electrons. The Balaban J connectivity index is 1.95. The van der Waals surface area contributed by atoms with Gasteiger partial charge in [0.05, 0.1) is 11.8 Å². The van der Waals surface area contributed by atoms with Crippen LogP contribution < -0.4 is 5.32 Å². The highest BCUT2D eigenvalue weighted by Crippen LogP contribution is 2.18. The third-order valence-electron chi connectivity index (χ3n) is 3.27. The van der Waals surface area contributed by atoms with E-state index in [2.05, 4.69) is 10.4 Å². The van der Waals surface area contributed by atoms with Gasteiger partial charge in [-0.05, 0) is 38.7 Å². The van der Waals surface area contributed by atoms with Crippen molar-refractivity contribution in [3.8, 4) is 0 Å². The van der Waals surface area contributed by atoms with E-state index in [1.165, 1.54) is 0 Å². The molecule has 1 heterocycles. The first-order valence-corrected chi connectivity index (χ1v) is 6.06. The lowest BCUT2D eigenvalue weighted by Gasteiger charge is -2.26. The molecule has 0 atom stereocenters. The van der Waals surface area contributed by atoms with Crippen molar-refractivity contribution in [1.29, 1.82) is 0 Å². The van der Waals surface area contributed by atoms with Crippen LogP contribution in [0, 0.1) is 6.92 Å². The van der Waals surface area contributed by atoms with Gasteiger partial charge in [0.25, 0.3) is 5.91 Å². The molecule has 17 heavy (non-hydrogen) atoms. The van der Waals surface area contributed by atoms with Crippen LogP contribution in [0.1, 0.15) is 41.9 Å². The van der Waals surface area contributed by atoms with Gasteiger partial charge in [-0.2, -0.15) is 5.10 Å². The molecule has 1 saturated carbocycles. The fourth-order valence-electron chi connectivity index (χ4n) is 2.30. The maximum Gasteiger partial charge on any atom is 0.269 e. The second-order valence-electron chi connectivity index (χ2n) is 4.77. The second kappa shape index (κ2) is 4.87. The zero-order chi connectivity index (χ0) is 12.4. The summed E-state index contributed by atoms with van der Waals surface area (Å²) in [5.41, 5.74) is 1.44. The zero-order valence-electron chi connectivity index (χ0n) is 10.3. The molecule has 1 aromatic rings. The van der Waals surface area contributed by atoms with Crippen LogP contribution in [0.2, 0.25) is 0 Å². The number of nitrogens with one attached hydrogen (secondary N) is 1. The Hall–Kier alpha value is -1.36. The van der Waals surface area contributed by atoms with Crippen LogP contribution in [0.3, 0.4) is 0 Å². The fraction of sp³-hybridized carbons (Fsp3) is 0.667. The van der Waals surface area contributed by atoms with E-state index in [1.54, 1.807) is 17.8 Å². The predicted octanol–water partition coefficient (Wildman–Crippen LogP) is 0.762. The van der Waals surface area contributed by atoms with Gasteiger partial charge in [0.15, 0.2) is 0 Å². The van der Waals surface area contributed by atoms with Gasteiger partial charge in [0.1, 0.15) is 5.69 Å². The lowest BCUT2D eigenvalue weighted by atomic mass is 9.93. The van der Waals surface area contributed by atoms with Crippen LogP contribution in [0.4, 0.5) is 0 Å². The van der Waals surface area contributed by atoms with Crippen molar-refractivity contribution in [3.05, 3.63) is 17.5 Å². The highest BCUT2D eigenvalue weighted by molar-refractivity contribution is 5.92. The molecule has 0 aromatic carbocycles. The van der Waals surface area contributed by atoms with Crippen LogP contribution >= 0.6 is 0 Å². The Labute approximate surface area is 101 Å². The number of aryl methyl sites for hydroxylation is 2. The van der Waals surface area contributed by atoms with E-state index in [9.17, 15) is 9.90 Å². The number of nitrogens with zero attached hydrogens (tertiary/aromatic N) is 2. The van der Waals surface area contributed by atoms with Crippen molar-refractivity contribution >= 4 is 5.91 Å². The first-order valence-electron chi connectivity index (χ1n) is 6.06. The van der Waals surface area contributed by atoms with Crippen molar-refractivity contribution < 1.29 is 9.90 Å². The number of aliphatic hydroxyl groups excluding tert-OH is 1. The lowest BCUT2D eigenvalue weighted by Crippen LogP contribution is -2.39. The monoisotopic (exact) mass is 237 g/mol. The lowest BCUT2D eigenvalue weighted by molar-refractivity contribution is 0.0859. The predicted molar refractivity (Wildman–Crippen MR) is 63.7 cm³/mol. The molecule has 0 saturated heterocycles. The number of rotatable bonds is 2. The number of carbonyl (C=O) groups is 1. The normalized spacial score (nSPS) is 24.6. The van der Waals surface area contributed by atoms with Gasteiger partial charge >= 0.3 is 0 Å². The maximum absolute atomic E-state index is 12.0. The third kappa shape index (κ3) is 2.85. The Bertz CT molecular complexity index is 406. The third-order valence-corrected chi connectivity index (χ3v) is 3.27. The van der Waals surface area contributed by atoms with Gasteiger partial charge in [-0.15, -0.1) is 0 Å². The molecular weight excluding hydrogens is 218 g/mol. The quantitative estimate of drug-likeness (QED) is 0.798. The summed E-state index contributed by atoms with van der Waals surface area (Å²) in [6.07, 6.45) is 3.06. The summed E-state index contributed by atoms with van der Waals surface area (Å²) >= 11 is 0. The molecule has 0 unspecified atom stereocenters. The molecule has 0 radical (unpaired) electrons. The Morgan fingerprint density at radius 1 is 1.47 bits per heavy atom.